The summed E-state index contributed by atoms with van der Waals surface area (Å²) in [5.41, 5.74) is 0. The lowest BCUT2D eigenvalue weighted by Crippen LogP contribution is -2.62. The lowest BCUT2D eigenvalue weighted by Gasteiger charge is -1.78. The zero-order valence-electron chi connectivity index (χ0n) is 8.20. The molecular weight excluding hydrogens is 160 g/mol. The average Bonchev–Trinajstić information content (AvgIpc) is 2.16. The Hall–Kier alpha value is -1.57. The SMILES string of the molecule is CNC=CC=CC=CC=CC=[NH+]C. The van der Waals surface area contributed by atoms with Gasteiger partial charge in [0.1, 0.15) is 7.05 Å². The number of rotatable bonds is 5. The van der Waals surface area contributed by atoms with E-state index in [9.17, 15) is 0 Å². The minimum atomic E-state index is 1.87. The number of nitrogens with one attached hydrogen (secondary N) is 2. The summed E-state index contributed by atoms with van der Waals surface area (Å²) < 4.78 is 0. The molecule has 0 spiro atoms. The van der Waals surface area contributed by atoms with Gasteiger partial charge in [0.15, 0.2) is 6.21 Å². The maximum absolute atomic E-state index is 2.90. The van der Waals surface area contributed by atoms with Crippen molar-refractivity contribution in [2.24, 2.45) is 0 Å². The second-order valence-corrected chi connectivity index (χ2v) is 2.26. The molecule has 0 aliphatic rings. The van der Waals surface area contributed by atoms with E-state index in [0.717, 1.165) is 0 Å². The Morgan fingerprint density at radius 2 is 1.38 bits per heavy atom. The van der Waals surface area contributed by atoms with Gasteiger partial charge in [0, 0.05) is 13.1 Å². The van der Waals surface area contributed by atoms with Crippen LogP contribution in [0.15, 0.2) is 48.7 Å². The molecule has 13 heavy (non-hydrogen) atoms. The third-order valence-corrected chi connectivity index (χ3v) is 1.19. The Bertz CT molecular complexity index is 232. The molecule has 2 nitrogen and oxygen atoms in total. The van der Waals surface area contributed by atoms with Gasteiger partial charge in [-0.2, -0.15) is 0 Å². The van der Waals surface area contributed by atoms with Crippen molar-refractivity contribution in [1.82, 2.24) is 5.32 Å². The molecule has 0 fully saturated rings. The molecule has 70 valence electrons. The van der Waals surface area contributed by atoms with E-state index in [1.54, 1.807) is 0 Å². The van der Waals surface area contributed by atoms with E-state index in [-0.39, 0.29) is 0 Å². The van der Waals surface area contributed by atoms with E-state index in [0.29, 0.717) is 0 Å². The van der Waals surface area contributed by atoms with Gasteiger partial charge in [0.2, 0.25) is 0 Å². The highest BCUT2D eigenvalue weighted by atomic mass is 14.8. The van der Waals surface area contributed by atoms with Crippen LogP contribution in [-0.2, 0) is 0 Å². The summed E-state index contributed by atoms with van der Waals surface area (Å²) in [5.74, 6) is 0. The topological polar surface area (TPSA) is 26.0 Å². The van der Waals surface area contributed by atoms with Gasteiger partial charge in [-0.15, -0.1) is 0 Å². The van der Waals surface area contributed by atoms with Crippen LogP contribution in [0.3, 0.4) is 0 Å². The highest BCUT2D eigenvalue weighted by Crippen LogP contribution is 1.79. The van der Waals surface area contributed by atoms with Gasteiger partial charge >= 0.3 is 0 Å². The molecular formula is C11H17N2+. The van der Waals surface area contributed by atoms with Crippen molar-refractivity contribution in [3.8, 4) is 0 Å². The number of hydrogen-bond donors (Lipinski definition) is 2. The Morgan fingerprint density at radius 3 is 1.92 bits per heavy atom. The van der Waals surface area contributed by atoms with Crippen LogP contribution in [-0.4, -0.2) is 20.3 Å². The fourth-order valence-corrected chi connectivity index (χ4v) is 0.624. The second kappa shape index (κ2) is 10.4. The van der Waals surface area contributed by atoms with E-state index in [4.69, 9.17) is 0 Å². The Kier molecular flexibility index (Phi) is 9.17. The predicted molar refractivity (Wildman–Crippen MR) is 58.6 cm³/mol. The molecule has 2 N–H and O–H groups in total. The fraction of sp³-hybridized carbons (Fsp3) is 0.182. The van der Waals surface area contributed by atoms with Gasteiger partial charge in [-0.25, -0.2) is 0 Å². The molecule has 0 atom stereocenters. The number of allylic oxidation sites excluding steroid dienone is 7. The van der Waals surface area contributed by atoms with Gasteiger partial charge in [0.05, 0.1) is 0 Å². The fourth-order valence-electron chi connectivity index (χ4n) is 0.624. The summed E-state index contributed by atoms with van der Waals surface area (Å²) in [4.78, 5) is 2.90. The number of hydrogen-bond acceptors (Lipinski definition) is 1. The zero-order chi connectivity index (χ0) is 9.78. The Morgan fingerprint density at radius 1 is 0.846 bits per heavy atom. The van der Waals surface area contributed by atoms with Gasteiger partial charge in [-0.3, -0.25) is 4.99 Å². The van der Waals surface area contributed by atoms with Crippen LogP contribution in [0.5, 0.6) is 0 Å². The molecule has 0 saturated carbocycles. The predicted octanol–water partition coefficient (Wildman–Crippen LogP) is 0.169. The minimum absolute atomic E-state index is 1.87. The Balaban J connectivity index is 3.62. The standard InChI is InChI=1S/C11H16N2/c1-12-10-8-6-4-3-5-7-9-11-13-2/h3-12H,1-2H3/p+1. The maximum Gasteiger partial charge on any atom is 0.161 e. The van der Waals surface area contributed by atoms with Crippen molar-refractivity contribution < 1.29 is 4.99 Å². The lowest BCUT2D eigenvalue weighted by molar-refractivity contribution is -0.413. The smallest absolute Gasteiger partial charge is 0.161 e. The van der Waals surface area contributed by atoms with E-state index in [2.05, 4.69) is 10.3 Å². The molecule has 0 bridgehead atoms. The van der Waals surface area contributed by atoms with E-state index < -0.39 is 0 Å². The van der Waals surface area contributed by atoms with E-state index >= 15 is 0 Å². The molecule has 2 heteroatoms. The molecule has 0 heterocycles. The molecule has 0 saturated heterocycles. The Labute approximate surface area is 80.1 Å². The van der Waals surface area contributed by atoms with Crippen molar-refractivity contribution >= 4 is 6.21 Å². The van der Waals surface area contributed by atoms with Gasteiger partial charge in [0.25, 0.3) is 0 Å². The summed E-state index contributed by atoms with van der Waals surface area (Å²) in [5, 5.41) is 2.90. The van der Waals surface area contributed by atoms with Gasteiger partial charge in [-0.1, -0.05) is 30.4 Å². The van der Waals surface area contributed by atoms with Crippen molar-refractivity contribution in [3.63, 3.8) is 0 Å². The first-order chi connectivity index (χ1) is 6.41. The second-order valence-electron chi connectivity index (χ2n) is 2.26. The van der Waals surface area contributed by atoms with Crippen LogP contribution in [0.4, 0.5) is 0 Å². The summed E-state index contributed by atoms with van der Waals surface area (Å²) in [6.07, 6.45) is 17.5. The summed E-state index contributed by atoms with van der Waals surface area (Å²) in [7, 11) is 3.74. The minimum Gasteiger partial charge on any atom is -0.394 e. The van der Waals surface area contributed by atoms with Crippen molar-refractivity contribution in [2.75, 3.05) is 14.1 Å². The normalized spacial score (nSPS) is 13.4. The third kappa shape index (κ3) is 10.4. The average molecular weight is 177 g/mol. The first-order valence-electron chi connectivity index (χ1n) is 4.24. The molecule has 0 aromatic rings. The highest BCUT2D eigenvalue weighted by molar-refractivity contribution is 5.65. The monoisotopic (exact) mass is 177 g/mol. The summed E-state index contributed by atoms with van der Waals surface area (Å²) in [6, 6.07) is 0. The maximum atomic E-state index is 2.90. The van der Waals surface area contributed by atoms with Crippen LogP contribution in [0.1, 0.15) is 0 Å². The van der Waals surface area contributed by atoms with Crippen LogP contribution >= 0.6 is 0 Å². The largest absolute Gasteiger partial charge is 0.394 e. The zero-order valence-corrected chi connectivity index (χ0v) is 8.20. The molecule has 0 aliphatic carbocycles. The first kappa shape index (κ1) is 11.4. The van der Waals surface area contributed by atoms with Crippen molar-refractivity contribution in [2.45, 2.75) is 0 Å². The van der Waals surface area contributed by atoms with Gasteiger partial charge in [-0.05, 0) is 12.3 Å². The quantitative estimate of drug-likeness (QED) is 0.454. The summed E-state index contributed by atoms with van der Waals surface area (Å²) >= 11 is 0. The lowest BCUT2D eigenvalue weighted by atomic mass is 10.4. The van der Waals surface area contributed by atoms with Crippen LogP contribution in [0, 0.1) is 0 Å². The molecule has 0 aromatic heterocycles. The molecule has 0 aromatic carbocycles. The first-order valence-corrected chi connectivity index (χ1v) is 4.24. The molecule has 0 aliphatic heterocycles. The molecule has 0 amide bonds. The van der Waals surface area contributed by atoms with E-state index in [1.807, 2.05) is 69.0 Å². The molecule has 0 unspecified atom stereocenters. The van der Waals surface area contributed by atoms with Crippen molar-refractivity contribution in [3.05, 3.63) is 48.7 Å². The van der Waals surface area contributed by atoms with E-state index in [1.165, 1.54) is 0 Å². The van der Waals surface area contributed by atoms with Crippen molar-refractivity contribution in [1.29, 1.82) is 0 Å². The molecule has 0 rings (SSSR count). The van der Waals surface area contributed by atoms with Crippen LogP contribution in [0.2, 0.25) is 0 Å². The van der Waals surface area contributed by atoms with Crippen LogP contribution < -0.4 is 10.3 Å². The highest BCUT2D eigenvalue weighted by Gasteiger charge is 1.64. The van der Waals surface area contributed by atoms with Crippen LogP contribution in [0.25, 0.3) is 0 Å². The third-order valence-electron chi connectivity index (χ3n) is 1.19. The molecule has 0 radical (unpaired) electrons. The van der Waals surface area contributed by atoms with Gasteiger partial charge < -0.3 is 5.32 Å². The summed E-state index contributed by atoms with van der Waals surface area (Å²) in [6.45, 7) is 0.